The molecule has 3 rings (SSSR count). The Morgan fingerprint density at radius 1 is 1.00 bits per heavy atom. The minimum Gasteiger partial charge on any atom is -0.320 e. The number of carbonyl (C=O) groups excluding carboxylic acids is 1. The van der Waals surface area contributed by atoms with Gasteiger partial charge in [-0.3, -0.25) is 4.79 Å². The second kappa shape index (κ2) is 8.41. The van der Waals surface area contributed by atoms with Gasteiger partial charge in [0.25, 0.3) is 5.91 Å². The van der Waals surface area contributed by atoms with Crippen LogP contribution in [0.25, 0.3) is 0 Å². The van der Waals surface area contributed by atoms with E-state index in [0.717, 1.165) is 30.4 Å². The number of rotatable bonds is 4. The number of piperidine rings is 1. The van der Waals surface area contributed by atoms with Gasteiger partial charge in [-0.1, -0.05) is 35.7 Å². The third-order valence-electron chi connectivity index (χ3n) is 4.80. The molecule has 8 heteroatoms. The molecule has 150 valence electrons. The van der Waals surface area contributed by atoms with E-state index >= 15 is 0 Å². The highest BCUT2D eigenvalue weighted by molar-refractivity contribution is 7.89. The van der Waals surface area contributed by atoms with Gasteiger partial charge in [0, 0.05) is 18.7 Å². The number of hydrogen-bond acceptors (Lipinski definition) is 3. The summed E-state index contributed by atoms with van der Waals surface area (Å²) in [6, 6.07) is 7.95. The first kappa shape index (κ1) is 21.1. The quantitative estimate of drug-likeness (QED) is 0.723. The molecule has 0 radical (unpaired) electrons. The smallest absolute Gasteiger partial charge is 0.255 e. The number of carbonyl (C=O) groups is 1. The molecule has 1 amide bonds. The normalized spacial score (nSPS) is 15.4. The monoisotopic (exact) mass is 440 g/mol. The first-order chi connectivity index (χ1) is 13.2. The molecule has 0 atom stereocenters. The van der Waals surface area contributed by atoms with Crippen LogP contribution in [0.4, 0.5) is 5.69 Å². The third kappa shape index (κ3) is 4.35. The lowest BCUT2D eigenvalue weighted by Gasteiger charge is -2.26. The number of sulfonamides is 1. The van der Waals surface area contributed by atoms with Crippen LogP contribution in [0.2, 0.25) is 10.0 Å². The van der Waals surface area contributed by atoms with Gasteiger partial charge in [-0.25, -0.2) is 8.42 Å². The fourth-order valence-corrected chi connectivity index (χ4v) is 5.73. The molecule has 28 heavy (non-hydrogen) atoms. The van der Waals surface area contributed by atoms with Crippen LogP contribution in [0, 0.1) is 13.8 Å². The average molecular weight is 441 g/mol. The fraction of sp³-hybridized carbons (Fsp3) is 0.350. The zero-order valence-electron chi connectivity index (χ0n) is 15.8. The Morgan fingerprint density at radius 2 is 1.68 bits per heavy atom. The highest BCUT2D eigenvalue weighted by Crippen LogP contribution is 2.30. The molecule has 1 saturated heterocycles. The van der Waals surface area contributed by atoms with Crippen molar-refractivity contribution in [3.8, 4) is 0 Å². The van der Waals surface area contributed by atoms with E-state index in [1.54, 1.807) is 6.07 Å². The van der Waals surface area contributed by atoms with Crippen LogP contribution < -0.4 is 5.32 Å². The SMILES string of the molecule is Cc1cc(C)c(NC(=O)c2ccc(Cl)c(S(=O)(=O)N3CCCCC3)c2)c(Cl)c1. The molecule has 1 heterocycles. The molecule has 0 aromatic heterocycles. The number of benzene rings is 2. The lowest BCUT2D eigenvalue weighted by Crippen LogP contribution is -2.35. The summed E-state index contributed by atoms with van der Waals surface area (Å²) in [4.78, 5) is 12.7. The fourth-order valence-electron chi connectivity index (χ4n) is 3.35. The third-order valence-corrected chi connectivity index (χ3v) is 7.47. The van der Waals surface area contributed by atoms with Gasteiger partial charge in [0.2, 0.25) is 10.0 Å². The van der Waals surface area contributed by atoms with Gasteiger partial charge in [-0.05, 0) is 62.1 Å². The van der Waals surface area contributed by atoms with Gasteiger partial charge < -0.3 is 5.32 Å². The van der Waals surface area contributed by atoms with Crippen molar-refractivity contribution in [2.24, 2.45) is 0 Å². The van der Waals surface area contributed by atoms with Gasteiger partial charge in [-0.15, -0.1) is 0 Å². The number of halogens is 2. The maximum atomic E-state index is 13.0. The molecule has 0 unspecified atom stereocenters. The first-order valence-corrected chi connectivity index (χ1v) is 11.3. The minimum absolute atomic E-state index is 0.0459. The predicted molar refractivity (Wildman–Crippen MR) is 113 cm³/mol. The summed E-state index contributed by atoms with van der Waals surface area (Å²) in [5.41, 5.74) is 2.53. The second-order valence-corrected chi connectivity index (χ2v) is 9.72. The Morgan fingerprint density at radius 3 is 2.32 bits per heavy atom. The molecule has 0 aliphatic carbocycles. The molecule has 0 bridgehead atoms. The van der Waals surface area contributed by atoms with E-state index < -0.39 is 15.9 Å². The molecule has 5 nitrogen and oxygen atoms in total. The topological polar surface area (TPSA) is 66.5 Å². The Hall–Kier alpha value is -1.60. The summed E-state index contributed by atoms with van der Waals surface area (Å²) in [6.07, 6.45) is 2.66. The van der Waals surface area contributed by atoms with Crippen molar-refractivity contribution >= 4 is 44.8 Å². The molecule has 2 aromatic carbocycles. The van der Waals surface area contributed by atoms with E-state index in [2.05, 4.69) is 5.32 Å². The summed E-state index contributed by atoms with van der Waals surface area (Å²) in [7, 11) is -3.75. The molecule has 1 aliphatic rings. The van der Waals surface area contributed by atoms with Crippen LogP contribution in [0.5, 0.6) is 0 Å². The number of hydrogen-bond donors (Lipinski definition) is 1. The van der Waals surface area contributed by atoms with Gasteiger partial charge in [0.15, 0.2) is 0 Å². The summed E-state index contributed by atoms with van der Waals surface area (Å²) in [5.74, 6) is -0.444. The summed E-state index contributed by atoms with van der Waals surface area (Å²) in [6.45, 7) is 4.70. The predicted octanol–water partition coefficient (Wildman–Crippen LogP) is 5.04. The average Bonchev–Trinajstić information content (AvgIpc) is 2.65. The summed E-state index contributed by atoms with van der Waals surface area (Å²) < 4.78 is 27.4. The molecule has 1 fully saturated rings. The molecule has 2 aromatic rings. The molecule has 0 saturated carbocycles. The zero-order valence-corrected chi connectivity index (χ0v) is 18.1. The van der Waals surface area contributed by atoms with Gasteiger partial charge in [-0.2, -0.15) is 4.31 Å². The van der Waals surface area contributed by atoms with Crippen molar-refractivity contribution in [1.29, 1.82) is 0 Å². The lowest BCUT2D eigenvalue weighted by molar-refractivity contribution is 0.102. The Kier molecular flexibility index (Phi) is 6.34. The highest BCUT2D eigenvalue weighted by atomic mass is 35.5. The molecule has 1 aliphatic heterocycles. The Balaban J connectivity index is 1.92. The number of aryl methyl sites for hydroxylation is 2. The van der Waals surface area contributed by atoms with Crippen LogP contribution in [0.1, 0.15) is 40.7 Å². The van der Waals surface area contributed by atoms with E-state index in [9.17, 15) is 13.2 Å². The largest absolute Gasteiger partial charge is 0.320 e. The zero-order chi connectivity index (χ0) is 20.5. The van der Waals surface area contributed by atoms with Crippen molar-refractivity contribution in [3.05, 3.63) is 57.1 Å². The van der Waals surface area contributed by atoms with Gasteiger partial charge >= 0.3 is 0 Å². The van der Waals surface area contributed by atoms with Crippen LogP contribution in [-0.2, 0) is 10.0 Å². The second-order valence-electron chi connectivity index (χ2n) is 7.00. The number of amides is 1. The maximum Gasteiger partial charge on any atom is 0.255 e. The van der Waals surface area contributed by atoms with Gasteiger partial charge in [0.05, 0.1) is 15.7 Å². The van der Waals surface area contributed by atoms with Crippen LogP contribution >= 0.6 is 23.2 Å². The van der Waals surface area contributed by atoms with E-state index in [-0.39, 0.29) is 15.5 Å². The molecule has 1 N–H and O–H groups in total. The molecular weight excluding hydrogens is 419 g/mol. The van der Waals surface area contributed by atoms with Crippen molar-refractivity contribution in [3.63, 3.8) is 0 Å². The van der Waals surface area contributed by atoms with Crippen molar-refractivity contribution in [2.45, 2.75) is 38.0 Å². The summed E-state index contributed by atoms with van der Waals surface area (Å²) >= 11 is 12.4. The van der Waals surface area contributed by atoms with E-state index in [1.165, 1.54) is 22.5 Å². The van der Waals surface area contributed by atoms with Crippen LogP contribution in [-0.4, -0.2) is 31.7 Å². The molecule has 0 spiro atoms. The Labute approximate surface area is 175 Å². The van der Waals surface area contributed by atoms with E-state index in [4.69, 9.17) is 23.2 Å². The van der Waals surface area contributed by atoms with Crippen LogP contribution in [0.3, 0.4) is 0 Å². The van der Waals surface area contributed by atoms with E-state index in [0.29, 0.717) is 23.8 Å². The Bertz CT molecular complexity index is 993. The summed E-state index contributed by atoms with van der Waals surface area (Å²) in [5, 5.41) is 3.31. The standard InChI is InChI=1S/C20H22Cl2N2O3S/c1-13-10-14(2)19(17(22)11-13)23-20(25)15-6-7-16(21)18(12-15)28(26,27)24-8-4-3-5-9-24/h6-7,10-12H,3-5,8-9H2,1-2H3,(H,23,25). The van der Waals surface area contributed by atoms with Crippen LogP contribution in [0.15, 0.2) is 35.2 Å². The van der Waals surface area contributed by atoms with Crippen molar-refractivity contribution in [2.75, 3.05) is 18.4 Å². The van der Waals surface area contributed by atoms with Crippen molar-refractivity contribution < 1.29 is 13.2 Å². The van der Waals surface area contributed by atoms with E-state index in [1.807, 2.05) is 19.9 Å². The maximum absolute atomic E-state index is 13.0. The number of nitrogens with one attached hydrogen (secondary N) is 1. The lowest BCUT2D eigenvalue weighted by atomic mass is 10.1. The van der Waals surface area contributed by atoms with Crippen molar-refractivity contribution in [1.82, 2.24) is 4.31 Å². The number of nitrogens with zero attached hydrogens (tertiary/aromatic N) is 1. The number of anilines is 1. The molecular formula is C20H22Cl2N2O3S. The first-order valence-electron chi connectivity index (χ1n) is 9.08. The minimum atomic E-state index is -3.75. The van der Waals surface area contributed by atoms with Gasteiger partial charge in [0.1, 0.15) is 4.90 Å². The highest BCUT2D eigenvalue weighted by Gasteiger charge is 2.29.